The van der Waals surface area contributed by atoms with Crippen molar-refractivity contribution in [3.63, 3.8) is 0 Å². The van der Waals surface area contributed by atoms with Crippen molar-refractivity contribution >= 4 is 29.3 Å². The Morgan fingerprint density at radius 2 is 1.83 bits per heavy atom. The van der Waals surface area contributed by atoms with E-state index in [9.17, 15) is 4.79 Å². The van der Waals surface area contributed by atoms with E-state index in [0.717, 1.165) is 5.56 Å². The number of rotatable bonds is 7. The number of thioether (sulfide) groups is 1. The predicted octanol–water partition coefficient (Wildman–Crippen LogP) is 3.99. The first-order valence-corrected chi connectivity index (χ1v) is 10.7. The lowest BCUT2D eigenvalue weighted by Crippen LogP contribution is -2.42. The first-order chi connectivity index (χ1) is 14.7. The number of carbonyl (C=O) groups is 1. The van der Waals surface area contributed by atoms with E-state index in [4.69, 9.17) is 25.5 Å². The molecule has 156 valence electrons. The Morgan fingerprint density at radius 1 is 1.10 bits per heavy atom. The number of hydrogen-bond donors (Lipinski definition) is 0. The van der Waals surface area contributed by atoms with Gasteiger partial charge in [-0.15, -0.1) is 10.2 Å². The van der Waals surface area contributed by atoms with Crippen molar-refractivity contribution in [1.29, 1.82) is 0 Å². The average Bonchev–Trinajstić information content (AvgIpc) is 3.25. The third kappa shape index (κ3) is 5.33. The van der Waals surface area contributed by atoms with Gasteiger partial charge in [0, 0.05) is 18.1 Å². The van der Waals surface area contributed by atoms with Gasteiger partial charge in [0.1, 0.15) is 11.0 Å². The molecule has 1 amide bonds. The normalized spacial score (nSPS) is 15.0. The molecular weight excluding hydrogens is 426 g/mol. The molecule has 0 radical (unpaired) electrons. The Bertz CT molecular complexity index is 962. The first kappa shape index (κ1) is 20.7. The van der Waals surface area contributed by atoms with Crippen LogP contribution in [0.25, 0.3) is 0 Å². The molecule has 0 saturated carbocycles. The maximum absolute atomic E-state index is 13.2. The van der Waals surface area contributed by atoms with Crippen molar-refractivity contribution in [3.05, 3.63) is 71.1 Å². The van der Waals surface area contributed by atoms with Crippen LogP contribution in [0.2, 0.25) is 5.02 Å². The van der Waals surface area contributed by atoms with Crippen molar-refractivity contribution in [3.8, 4) is 5.75 Å². The second kappa shape index (κ2) is 9.97. The van der Waals surface area contributed by atoms with Crippen LogP contribution in [0, 0.1) is 0 Å². The molecule has 1 aromatic heterocycles. The summed E-state index contributed by atoms with van der Waals surface area (Å²) in [5.41, 5.74) is 0.885. The van der Waals surface area contributed by atoms with Gasteiger partial charge < -0.3 is 18.8 Å². The molecule has 1 fully saturated rings. The van der Waals surface area contributed by atoms with Gasteiger partial charge in [0.25, 0.3) is 11.1 Å². The maximum atomic E-state index is 13.2. The highest BCUT2D eigenvalue weighted by Crippen LogP contribution is 2.36. The Labute approximate surface area is 183 Å². The van der Waals surface area contributed by atoms with Crippen molar-refractivity contribution in [2.75, 3.05) is 26.3 Å². The second-order valence-corrected chi connectivity index (χ2v) is 8.04. The predicted molar refractivity (Wildman–Crippen MR) is 113 cm³/mol. The van der Waals surface area contributed by atoms with Gasteiger partial charge >= 0.3 is 0 Å². The van der Waals surface area contributed by atoms with Gasteiger partial charge in [-0.1, -0.05) is 41.9 Å². The molecule has 1 saturated heterocycles. The summed E-state index contributed by atoms with van der Waals surface area (Å²) in [6.45, 7) is 2.37. The average molecular weight is 446 g/mol. The summed E-state index contributed by atoms with van der Waals surface area (Å²) in [6, 6.07) is 16.6. The third-order valence-electron chi connectivity index (χ3n) is 4.49. The van der Waals surface area contributed by atoms with E-state index in [1.807, 2.05) is 35.2 Å². The van der Waals surface area contributed by atoms with E-state index in [2.05, 4.69) is 10.2 Å². The Balaban J connectivity index is 1.45. The summed E-state index contributed by atoms with van der Waals surface area (Å²) in [7, 11) is 0. The summed E-state index contributed by atoms with van der Waals surface area (Å²) < 4.78 is 16.7. The number of benzene rings is 2. The number of carbonyl (C=O) groups excluding carboxylic acids is 1. The summed E-state index contributed by atoms with van der Waals surface area (Å²) in [6.07, 6.45) is 0. The van der Waals surface area contributed by atoms with Gasteiger partial charge in [-0.25, -0.2) is 0 Å². The zero-order valence-corrected chi connectivity index (χ0v) is 17.6. The fourth-order valence-corrected chi connectivity index (χ4v) is 4.06. The number of halogens is 1. The minimum Gasteiger partial charge on any atom is -0.484 e. The lowest BCUT2D eigenvalue weighted by atomic mass is 10.1. The SMILES string of the molecule is O=C([C@H](Sc1nnc(COc2ccc(Cl)cc2)o1)c1ccccc1)N1CCOCC1. The van der Waals surface area contributed by atoms with Crippen LogP contribution in [0.1, 0.15) is 16.7 Å². The van der Waals surface area contributed by atoms with Crippen LogP contribution in [-0.2, 0) is 16.1 Å². The molecule has 0 bridgehead atoms. The van der Waals surface area contributed by atoms with Crippen LogP contribution in [-0.4, -0.2) is 47.3 Å². The summed E-state index contributed by atoms with van der Waals surface area (Å²) in [5, 5.41) is 8.60. The third-order valence-corrected chi connectivity index (χ3v) is 5.82. The Kier molecular flexibility index (Phi) is 6.88. The number of aromatic nitrogens is 2. The molecule has 0 spiro atoms. The molecule has 4 rings (SSSR count). The number of hydrogen-bond acceptors (Lipinski definition) is 7. The van der Waals surface area contributed by atoms with E-state index in [-0.39, 0.29) is 12.5 Å². The topological polar surface area (TPSA) is 77.7 Å². The summed E-state index contributed by atoms with van der Waals surface area (Å²) in [4.78, 5) is 15.0. The maximum Gasteiger partial charge on any atom is 0.277 e. The van der Waals surface area contributed by atoms with Crippen molar-refractivity contribution in [2.24, 2.45) is 0 Å². The molecule has 2 aromatic carbocycles. The van der Waals surface area contributed by atoms with Crippen molar-refractivity contribution in [2.45, 2.75) is 17.1 Å². The quantitative estimate of drug-likeness (QED) is 0.509. The van der Waals surface area contributed by atoms with Gasteiger partial charge in [-0.05, 0) is 41.6 Å². The van der Waals surface area contributed by atoms with E-state index >= 15 is 0 Å². The van der Waals surface area contributed by atoms with Crippen molar-refractivity contribution < 1.29 is 18.7 Å². The molecular formula is C21H20ClN3O4S. The Morgan fingerprint density at radius 3 is 2.57 bits per heavy atom. The smallest absolute Gasteiger partial charge is 0.277 e. The zero-order chi connectivity index (χ0) is 20.8. The van der Waals surface area contributed by atoms with Crippen LogP contribution < -0.4 is 4.74 Å². The van der Waals surface area contributed by atoms with Gasteiger partial charge in [0.15, 0.2) is 6.61 Å². The molecule has 1 aliphatic heterocycles. The fraction of sp³-hybridized carbons (Fsp3) is 0.286. The van der Waals surface area contributed by atoms with E-state index in [1.165, 1.54) is 11.8 Å². The number of ether oxygens (including phenoxy) is 2. The van der Waals surface area contributed by atoms with Crippen molar-refractivity contribution in [1.82, 2.24) is 15.1 Å². The Hall–Kier alpha value is -2.55. The summed E-state index contributed by atoms with van der Waals surface area (Å²) >= 11 is 7.12. The lowest BCUT2D eigenvalue weighted by molar-refractivity contribution is -0.134. The molecule has 1 aliphatic rings. The number of nitrogens with zero attached hydrogens (tertiary/aromatic N) is 3. The van der Waals surface area contributed by atoms with Gasteiger partial charge in [-0.2, -0.15) is 0 Å². The van der Waals surface area contributed by atoms with E-state index in [1.54, 1.807) is 24.3 Å². The minimum absolute atomic E-state index is 0.00617. The van der Waals surface area contributed by atoms with Crippen LogP contribution in [0.4, 0.5) is 0 Å². The highest BCUT2D eigenvalue weighted by Gasteiger charge is 2.30. The molecule has 0 unspecified atom stereocenters. The van der Waals surface area contributed by atoms with Crippen LogP contribution >= 0.6 is 23.4 Å². The molecule has 0 aliphatic carbocycles. The van der Waals surface area contributed by atoms with Gasteiger partial charge in [-0.3, -0.25) is 4.79 Å². The van der Waals surface area contributed by atoms with E-state index < -0.39 is 5.25 Å². The number of amides is 1. The second-order valence-electron chi connectivity index (χ2n) is 6.55. The standard InChI is InChI=1S/C21H20ClN3O4S/c22-16-6-8-17(9-7-16)28-14-18-23-24-21(29-18)30-19(15-4-2-1-3-5-15)20(26)25-10-12-27-13-11-25/h1-9,19H,10-14H2/t19-/m1/s1. The van der Waals surface area contributed by atoms with E-state index in [0.29, 0.717) is 48.2 Å². The van der Waals surface area contributed by atoms with Crippen LogP contribution in [0.15, 0.2) is 64.2 Å². The number of morpholine rings is 1. The molecule has 2 heterocycles. The highest BCUT2D eigenvalue weighted by molar-refractivity contribution is 8.00. The van der Waals surface area contributed by atoms with Gasteiger partial charge in [0.05, 0.1) is 13.2 Å². The monoisotopic (exact) mass is 445 g/mol. The fourth-order valence-electron chi connectivity index (χ4n) is 2.96. The molecule has 1 atom stereocenters. The highest BCUT2D eigenvalue weighted by atomic mass is 35.5. The first-order valence-electron chi connectivity index (χ1n) is 9.48. The lowest BCUT2D eigenvalue weighted by Gasteiger charge is -2.29. The summed E-state index contributed by atoms with van der Waals surface area (Å²) in [5.74, 6) is 0.987. The molecule has 7 nitrogen and oxygen atoms in total. The molecule has 3 aromatic rings. The van der Waals surface area contributed by atoms with Crippen LogP contribution in [0.3, 0.4) is 0 Å². The zero-order valence-electron chi connectivity index (χ0n) is 16.1. The minimum atomic E-state index is -0.477. The van der Waals surface area contributed by atoms with Crippen LogP contribution in [0.5, 0.6) is 5.75 Å². The molecule has 9 heteroatoms. The largest absolute Gasteiger partial charge is 0.484 e. The van der Waals surface area contributed by atoms with Gasteiger partial charge in [0.2, 0.25) is 5.91 Å². The molecule has 0 N–H and O–H groups in total. The molecule has 30 heavy (non-hydrogen) atoms.